The molecule has 0 atom stereocenters. The van der Waals surface area contributed by atoms with Crippen molar-refractivity contribution in [2.75, 3.05) is 13.2 Å². The molecular formula is C15H13Cl2N3O3S. The van der Waals surface area contributed by atoms with E-state index in [1.54, 1.807) is 17.2 Å². The van der Waals surface area contributed by atoms with Gasteiger partial charge in [0.1, 0.15) is 11.8 Å². The van der Waals surface area contributed by atoms with Crippen LogP contribution in [0.3, 0.4) is 0 Å². The van der Waals surface area contributed by atoms with Crippen LogP contribution in [0.2, 0.25) is 10.2 Å². The van der Waals surface area contributed by atoms with E-state index in [9.17, 15) is 8.42 Å². The summed E-state index contributed by atoms with van der Waals surface area (Å²) in [7, 11) is -3.87. The molecule has 0 N–H and O–H groups in total. The van der Waals surface area contributed by atoms with E-state index in [0.717, 1.165) is 5.56 Å². The smallest absolute Gasteiger partial charge is 0.303 e. The highest BCUT2D eigenvalue weighted by Gasteiger charge is 2.24. The van der Waals surface area contributed by atoms with E-state index in [4.69, 9.17) is 27.9 Å². The summed E-state index contributed by atoms with van der Waals surface area (Å²) in [6, 6.07) is 9.38. The fourth-order valence-electron chi connectivity index (χ4n) is 2.15. The lowest BCUT2D eigenvalue weighted by Gasteiger charge is -2.15. The highest BCUT2D eigenvalue weighted by atomic mass is 35.5. The summed E-state index contributed by atoms with van der Waals surface area (Å²) >= 11 is 11.5. The van der Waals surface area contributed by atoms with Gasteiger partial charge >= 0.3 is 6.02 Å². The van der Waals surface area contributed by atoms with Crippen molar-refractivity contribution in [2.24, 2.45) is 4.40 Å². The molecule has 9 heteroatoms. The van der Waals surface area contributed by atoms with Gasteiger partial charge in [-0.3, -0.25) is 0 Å². The van der Waals surface area contributed by atoms with Crippen LogP contribution in [0.4, 0.5) is 0 Å². The second-order valence-electron chi connectivity index (χ2n) is 5.06. The van der Waals surface area contributed by atoms with Crippen molar-refractivity contribution in [2.45, 2.75) is 11.4 Å². The normalized spacial score (nSPS) is 16.4. The molecule has 1 fully saturated rings. The molecule has 6 nitrogen and oxygen atoms in total. The Hall–Kier alpha value is -1.83. The number of amidine groups is 1. The monoisotopic (exact) mass is 385 g/mol. The molecule has 2 heterocycles. The van der Waals surface area contributed by atoms with Crippen LogP contribution in [-0.4, -0.2) is 37.5 Å². The third-order valence-electron chi connectivity index (χ3n) is 3.33. The van der Waals surface area contributed by atoms with Crippen LogP contribution in [0.5, 0.6) is 0 Å². The van der Waals surface area contributed by atoms with Crippen molar-refractivity contribution in [3.63, 3.8) is 0 Å². The first-order chi connectivity index (χ1) is 11.4. The number of hydrogen-bond donors (Lipinski definition) is 0. The molecule has 0 spiro atoms. The minimum Gasteiger partial charge on any atom is -0.463 e. The number of aromatic nitrogens is 1. The van der Waals surface area contributed by atoms with Crippen molar-refractivity contribution in [3.8, 4) is 0 Å². The number of nitrogens with zero attached hydrogens (tertiary/aromatic N) is 3. The number of hydrogen-bond acceptors (Lipinski definition) is 4. The van der Waals surface area contributed by atoms with Gasteiger partial charge in [0.15, 0.2) is 0 Å². The van der Waals surface area contributed by atoms with Crippen molar-refractivity contribution < 1.29 is 13.2 Å². The van der Waals surface area contributed by atoms with Crippen molar-refractivity contribution in [3.05, 3.63) is 58.3 Å². The molecule has 24 heavy (non-hydrogen) atoms. The van der Waals surface area contributed by atoms with Crippen LogP contribution in [0, 0.1) is 0 Å². The Kier molecular flexibility index (Phi) is 4.93. The van der Waals surface area contributed by atoms with Crippen LogP contribution in [-0.2, 0) is 21.3 Å². The SMILES string of the molecule is O=S(=O)(N=C1OCCN1Cc1ccc(Cl)nc1)c1ccc(Cl)cc1. The van der Waals surface area contributed by atoms with Gasteiger partial charge in [0, 0.05) is 17.8 Å². The topological polar surface area (TPSA) is 71.9 Å². The summed E-state index contributed by atoms with van der Waals surface area (Å²) in [5.74, 6) is 0. The van der Waals surface area contributed by atoms with E-state index < -0.39 is 10.0 Å². The van der Waals surface area contributed by atoms with E-state index in [1.807, 2.05) is 6.07 Å². The number of sulfonamides is 1. The zero-order valence-corrected chi connectivity index (χ0v) is 14.7. The summed E-state index contributed by atoms with van der Waals surface area (Å²) in [6.45, 7) is 1.34. The molecule has 126 valence electrons. The average Bonchev–Trinajstić information content (AvgIpc) is 2.96. The maximum absolute atomic E-state index is 12.4. The lowest BCUT2D eigenvalue weighted by atomic mass is 10.3. The summed E-state index contributed by atoms with van der Waals surface area (Å²) in [6.07, 6.45) is 1.63. The van der Waals surface area contributed by atoms with Crippen molar-refractivity contribution in [1.29, 1.82) is 0 Å². The molecule has 1 aromatic carbocycles. The molecule has 1 aliphatic rings. The van der Waals surface area contributed by atoms with Gasteiger partial charge in [-0.05, 0) is 35.9 Å². The van der Waals surface area contributed by atoms with E-state index in [1.165, 1.54) is 24.3 Å². The van der Waals surface area contributed by atoms with Crippen molar-refractivity contribution >= 4 is 39.2 Å². The van der Waals surface area contributed by atoms with Crippen LogP contribution in [0.15, 0.2) is 51.9 Å². The number of pyridine rings is 1. The Morgan fingerprint density at radius 2 is 1.92 bits per heavy atom. The van der Waals surface area contributed by atoms with E-state index in [2.05, 4.69) is 9.38 Å². The van der Waals surface area contributed by atoms with Crippen molar-refractivity contribution in [1.82, 2.24) is 9.88 Å². The van der Waals surface area contributed by atoms with Crippen LogP contribution < -0.4 is 0 Å². The molecule has 1 saturated heterocycles. The first-order valence-corrected chi connectivity index (χ1v) is 9.22. The van der Waals surface area contributed by atoms with Gasteiger partial charge in [-0.25, -0.2) is 4.98 Å². The first kappa shape index (κ1) is 17.0. The van der Waals surface area contributed by atoms with Crippen LogP contribution >= 0.6 is 23.2 Å². The minimum absolute atomic E-state index is 0.0583. The van der Waals surface area contributed by atoms with Gasteiger partial charge in [-0.15, -0.1) is 4.40 Å². The predicted molar refractivity (Wildman–Crippen MR) is 91.7 cm³/mol. The summed E-state index contributed by atoms with van der Waals surface area (Å²) < 4.78 is 33.9. The van der Waals surface area contributed by atoms with E-state index in [0.29, 0.717) is 29.9 Å². The number of rotatable bonds is 4. The molecule has 2 aromatic rings. The third kappa shape index (κ3) is 3.98. The molecule has 0 unspecified atom stereocenters. The summed E-state index contributed by atoms with van der Waals surface area (Å²) in [5, 5.41) is 0.853. The van der Waals surface area contributed by atoms with Crippen LogP contribution in [0.1, 0.15) is 5.56 Å². The maximum Gasteiger partial charge on any atom is 0.303 e. The molecule has 0 amide bonds. The molecule has 0 bridgehead atoms. The van der Waals surface area contributed by atoms with Gasteiger partial charge in [-0.2, -0.15) is 8.42 Å². The first-order valence-electron chi connectivity index (χ1n) is 7.03. The van der Waals surface area contributed by atoms with Gasteiger partial charge in [0.05, 0.1) is 11.4 Å². The second kappa shape index (κ2) is 6.96. The second-order valence-corrected chi connectivity index (χ2v) is 7.49. The van der Waals surface area contributed by atoms with Gasteiger partial charge in [0.25, 0.3) is 10.0 Å². The average molecular weight is 386 g/mol. The molecule has 3 rings (SSSR count). The molecule has 1 aliphatic heterocycles. The van der Waals surface area contributed by atoms with Gasteiger partial charge < -0.3 is 9.64 Å². The minimum atomic E-state index is -3.87. The quantitative estimate of drug-likeness (QED) is 0.756. The molecular weight excluding hydrogens is 373 g/mol. The Morgan fingerprint density at radius 1 is 1.17 bits per heavy atom. The molecule has 0 aliphatic carbocycles. The van der Waals surface area contributed by atoms with E-state index in [-0.39, 0.29) is 10.9 Å². The lowest BCUT2D eigenvalue weighted by Crippen LogP contribution is -2.26. The lowest BCUT2D eigenvalue weighted by molar-refractivity contribution is 0.352. The highest BCUT2D eigenvalue weighted by Crippen LogP contribution is 2.19. The van der Waals surface area contributed by atoms with Gasteiger partial charge in [-0.1, -0.05) is 29.3 Å². The largest absolute Gasteiger partial charge is 0.463 e. The molecule has 0 radical (unpaired) electrons. The zero-order valence-electron chi connectivity index (χ0n) is 12.4. The van der Waals surface area contributed by atoms with Gasteiger partial charge in [0.2, 0.25) is 0 Å². The number of halogens is 2. The Labute approximate surface area is 149 Å². The third-order valence-corrected chi connectivity index (χ3v) is 5.07. The zero-order chi connectivity index (χ0) is 17.2. The predicted octanol–water partition coefficient (Wildman–Crippen LogP) is 2.97. The Morgan fingerprint density at radius 3 is 2.58 bits per heavy atom. The number of benzene rings is 1. The molecule has 1 aromatic heterocycles. The Balaban J connectivity index is 1.82. The molecule has 0 saturated carbocycles. The van der Waals surface area contributed by atoms with Crippen LogP contribution in [0.25, 0.3) is 0 Å². The highest BCUT2D eigenvalue weighted by molar-refractivity contribution is 7.90. The standard InChI is InChI=1S/C15H13Cl2N3O3S/c16-12-2-4-13(5-3-12)24(21,22)19-15-20(7-8-23-15)10-11-1-6-14(17)18-9-11/h1-6,9H,7-8,10H2. The summed E-state index contributed by atoms with van der Waals surface area (Å²) in [4.78, 5) is 5.80. The fraction of sp³-hybridized carbons (Fsp3) is 0.200. The number of ether oxygens (including phenoxy) is 1. The maximum atomic E-state index is 12.4. The Bertz CT molecular complexity index is 853. The van der Waals surface area contributed by atoms with E-state index >= 15 is 0 Å². The summed E-state index contributed by atoms with van der Waals surface area (Å²) in [5.41, 5.74) is 0.876. The fourth-order valence-corrected chi connectivity index (χ4v) is 3.34.